The number of nitrogen functional groups attached to an aromatic ring is 1. The molecule has 1 saturated carbocycles. The SMILES string of the molecule is CC(C)(O/N=C(\C(=O)NC1C(=O)N2C(C(=O)O)=C(CSC3=NC(N)=CC(N)N3C3CC3)CS[C@@H]12)c1csc(N)n1)C(=O)O. The number of carboxylic acid groups (broad SMARTS) is 2. The van der Waals surface area contributed by atoms with Crippen molar-refractivity contribution in [2.75, 3.05) is 17.2 Å². The van der Waals surface area contributed by atoms with Crippen LogP contribution in [0.15, 0.2) is 38.7 Å². The topological polar surface area (TPSA) is 252 Å². The second kappa shape index (κ2) is 11.7. The summed E-state index contributed by atoms with van der Waals surface area (Å²) in [5.41, 5.74) is 16.1. The van der Waals surface area contributed by atoms with Gasteiger partial charge in [0, 0.05) is 22.9 Å². The number of amides is 2. The number of nitrogens with zero attached hydrogens (tertiary/aromatic N) is 5. The van der Waals surface area contributed by atoms with Gasteiger partial charge in [-0.1, -0.05) is 16.9 Å². The van der Waals surface area contributed by atoms with Crippen LogP contribution >= 0.6 is 34.9 Å². The molecule has 230 valence electrons. The van der Waals surface area contributed by atoms with E-state index in [-0.39, 0.29) is 45.6 Å². The molecule has 4 aliphatic rings. The summed E-state index contributed by atoms with van der Waals surface area (Å²) in [7, 11) is 0. The molecule has 0 aromatic carbocycles. The average molecular weight is 652 g/mol. The van der Waals surface area contributed by atoms with Crippen molar-refractivity contribution in [3.8, 4) is 0 Å². The van der Waals surface area contributed by atoms with Gasteiger partial charge in [0.25, 0.3) is 11.8 Å². The second-order valence-electron chi connectivity index (χ2n) is 10.4. The van der Waals surface area contributed by atoms with E-state index in [1.54, 1.807) is 6.08 Å². The fourth-order valence-electron chi connectivity index (χ4n) is 4.40. The van der Waals surface area contributed by atoms with E-state index < -0.39 is 46.9 Å². The fourth-order valence-corrected chi connectivity index (χ4v) is 7.56. The van der Waals surface area contributed by atoms with Crippen LogP contribution in [0.25, 0.3) is 0 Å². The van der Waals surface area contributed by atoms with Gasteiger partial charge in [0.2, 0.25) is 5.60 Å². The number of rotatable bonds is 10. The molecule has 2 unspecified atom stereocenters. The molecule has 3 atom stereocenters. The number of nitrogens with one attached hydrogen (secondary N) is 1. The number of carbonyl (C=O) groups is 4. The normalized spacial score (nSPS) is 24.1. The van der Waals surface area contributed by atoms with E-state index in [0.29, 0.717) is 10.7 Å². The van der Waals surface area contributed by atoms with E-state index >= 15 is 0 Å². The monoisotopic (exact) mass is 651 g/mol. The van der Waals surface area contributed by atoms with Gasteiger partial charge >= 0.3 is 11.9 Å². The molecular formula is C24H29N9O7S3. The van der Waals surface area contributed by atoms with Gasteiger partial charge < -0.3 is 42.5 Å². The highest BCUT2D eigenvalue weighted by atomic mass is 32.2. The van der Waals surface area contributed by atoms with Gasteiger partial charge in [0.15, 0.2) is 16.0 Å². The molecule has 1 saturated heterocycles. The molecule has 1 aliphatic carbocycles. The lowest BCUT2D eigenvalue weighted by Crippen LogP contribution is -2.71. The van der Waals surface area contributed by atoms with Gasteiger partial charge in [-0.25, -0.2) is 19.6 Å². The van der Waals surface area contributed by atoms with Gasteiger partial charge in [0.1, 0.15) is 34.8 Å². The Bertz CT molecular complexity index is 1500. The summed E-state index contributed by atoms with van der Waals surface area (Å²) in [6, 6.07) is -0.828. The summed E-state index contributed by atoms with van der Waals surface area (Å²) >= 11 is 3.63. The van der Waals surface area contributed by atoms with Gasteiger partial charge in [-0.05, 0) is 38.3 Å². The number of hydrogen-bond acceptors (Lipinski definition) is 15. The Kier molecular flexibility index (Phi) is 8.34. The molecule has 4 heterocycles. The number of aromatic nitrogens is 1. The van der Waals surface area contributed by atoms with Crippen molar-refractivity contribution in [3.63, 3.8) is 0 Å². The Balaban J connectivity index is 1.32. The molecule has 9 N–H and O–H groups in total. The predicted octanol–water partition coefficient (Wildman–Crippen LogP) is -0.300. The molecule has 19 heteroatoms. The maximum atomic E-state index is 13.3. The quantitative estimate of drug-likeness (QED) is 0.108. The van der Waals surface area contributed by atoms with Crippen LogP contribution in [-0.4, -0.2) is 100 Å². The number of thiazole rings is 1. The summed E-state index contributed by atoms with van der Waals surface area (Å²) in [4.78, 5) is 67.0. The van der Waals surface area contributed by atoms with Gasteiger partial charge in [-0.15, -0.1) is 23.1 Å². The van der Waals surface area contributed by atoms with Gasteiger partial charge in [-0.3, -0.25) is 14.5 Å². The van der Waals surface area contributed by atoms with E-state index in [9.17, 15) is 29.4 Å². The Morgan fingerprint density at radius 3 is 2.60 bits per heavy atom. The lowest BCUT2D eigenvalue weighted by atomic mass is 10.0. The highest BCUT2D eigenvalue weighted by molar-refractivity contribution is 8.14. The van der Waals surface area contributed by atoms with E-state index in [1.807, 2.05) is 4.90 Å². The van der Waals surface area contributed by atoms with E-state index in [0.717, 1.165) is 29.1 Å². The minimum atomic E-state index is -1.77. The standard InChI is InChI=1S/C24H29N9O7S3/c1-24(2,21(38)39)40-31-14(11-8-42-22(27)28-11)17(34)30-15-18(35)33-16(20(36)37)9(6-41-19(15)33)7-43-23-29-12(25)5-13(26)32(23)10-3-4-10/h5,8,10,13,15,19H,3-4,6-7,25-26H2,1-2H3,(H2,27,28)(H,30,34)(H,36,37)(H,38,39)/b31-14-/t13?,15?,19-/m0/s1. The molecule has 1 aromatic heterocycles. The number of fused-ring (bicyclic) bond motifs is 1. The zero-order chi connectivity index (χ0) is 31.2. The van der Waals surface area contributed by atoms with Crippen LogP contribution in [0, 0.1) is 0 Å². The molecule has 1 aromatic rings. The third-order valence-corrected chi connectivity index (χ3v) is 9.89. The number of aliphatic carboxylic acids is 2. The minimum Gasteiger partial charge on any atom is -0.478 e. The van der Waals surface area contributed by atoms with Crippen LogP contribution < -0.4 is 22.5 Å². The van der Waals surface area contributed by atoms with Crippen molar-refractivity contribution < 1.29 is 34.2 Å². The number of amidine groups is 1. The Morgan fingerprint density at radius 1 is 1.28 bits per heavy atom. The van der Waals surface area contributed by atoms with E-state index in [2.05, 4.69) is 20.4 Å². The Morgan fingerprint density at radius 2 is 2.00 bits per heavy atom. The molecule has 3 aliphatic heterocycles. The fraction of sp³-hybridized carbons (Fsp3) is 0.458. The highest BCUT2D eigenvalue weighted by Gasteiger charge is 2.54. The number of nitrogens with two attached hydrogens (primary N) is 3. The smallest absolute Gasteiger partial charge is 0.352 e. The summed E-state index contributed by atoms with van der Waals surface area (Å²) in [5.74, 6) is -3.29. The number of carboxylic acids is 2. The highest BCUT2D eigenvalue weighted by Crippen LogP contribution is 2.42. The van der Waals surface area contributed by atoms with Crippen LogP contribution in [0.5, 0.6) is 0 Å². The first-order valence-corrected chi connectivity index (χ1v) is 15.8. The zero-order valence-electron chi connectivity index (χ0n) is 22.9. The van der Waals surface area contributed by atoms with Crippen molar-refractivity contribution in [2.45, 2.75) is 55.9 Å². The van der Waals surface area contributed by atoms with E-state index in [4.69, 9.17) is 22.0 Å². The van der Waals surface area contributed by atoms with Crippen LogP contribution in [0.1, 0.15) is 32.4 Å². The van der Waals surface area contributed by atoms with Gasteiger partial charge in [0.05, 0.1) is 0 Å². The van der Waals surface area contributed by atoms with Gasteiger partial charge in [-0.2, -0.15) is 0 Å². The maximum Gasteiger partial charge on any atom is 0.352 e. The number of β-lactam (4-membered cyclic amide) rings is 1. The number of thioether (sulfide) groups is 2. The molecular weight excluding hydrogens is 623 g/mol. The van der Waals surface area contributed by atoms with Crippen LogP contribution in [-0.2, 0) is 24.0 Å². The van der Waals surface area contributed by atoms with Crippen molar-refractivity contribution in [1.29, 1.82) is 0 Å². The zero-order valence-corrected chi connectivity index (χ0v) is 25.4. The average Bonchev–Trinajstić information content (AvgIpc) is 3.68. The van der Waals surface area contributed by atoms with Crippen molar-refractivity contribution in [2.24, 2.45) is 21.6 Å². The van der Waals surface area contributed by atoms with Crippen LogP contribution in [0.2, 0.25) is 0 Å². The molecule has 0 spiro atoms. The minimum absolute atomic E-state index is 0.0209. The number of hydrogen-bond donors (Lipinski definition) is 6. The summed E-state index contributed by atoms with van der Waals surface area (Å²) in [6.45, 7) is 2.49. The number of carbonyl (C=O) groups excluding carboxylic acids is 2. The predicted molar refractivity (Wildman–Crippen MR) is 161 cm³/mol. The Labute approximate surface area is 257 Å². The first-order valence-electron chi connectivity index (χ1n) is 12.9. The number of aliphatic imine (C=N–C) groups is 1. The summed E-state index contributed by atoms with van der Waals surface area (Å²) in [5, 5.41) is 27.2. The van der Waals surface area contributed by atoms with E-state index in [1.165, 1.54) is 42.8 Å². The second-order valence-corrected chi connectivity index (χ2v) is 13.4. The molecule has 5 rings (SSSR count). The number of oxime groups is 1. The largest absolute Gasteiger partial charge is 0.478 e. The summed E-state index contributed by atoms with van der Waals surface area (Å²) in [6.07, 6.45) is 3.18. The maximum absolute atomic E-state index is 13.3. The van der Waals surface area contributed by atoms with Crippen molar-refractivity contribution in [3.05, 3.63) is 34.2 Å². The summed E-state index contributed by atoms with van der Waals surface area (Å²) < 4.78 is 0. The van der Waals surface area contributed by atoms with Crippen molar-refractivity contribution in [1.82, 2.24) is 20.1 Å². The van der Waals surface area contributed by atoms with Crippen LogP contribution in [0.3, 0.4) is 0 Å². The molecule has 2 amide bonds. The number of anilines is 1. The van der Waals surface area contributed by atoms with Crippen LogP contribution in [0.4, 0.5) is 5.13 Å². The lowest BCUT2D eigenvalue weighted by Gasteiger charge is -2.49. The third-order valence-electron chi connectivity index (χ3n) is 6.82. The molecule has 2 fully saturated rings. The van der Waals surface area contributed by atoms with Crippen molar-refractivity contribution >= 4 is 74.6 Å². The first-order chi connectivity index (χ1) is 20.3. The Hall–Kier alpha value is -3.81. The molecule has 43 heavy (non-hydrogen) atoms. The third kappa shape index (κ3) is 6.15. The first kappa shape index (κ1) is 30.6. The molecule has 0 bridgehead atoms. The molecule has 16 nitrogen and oxygen atoms in total. The lowest BCUT2D eigenvalue weighted by molar-refractivity contribution is -0.161. The molecule has 0 radical (unpaired) electrons.